The first-order chi connectivity index (χ1) is 8.06. The van der Waals surface area contributed by atoms with Gasteiger partial charge in [-0.1, -0.05) is 62.3 Å². The normalized spacial score (nSPS) is 19.1. The lowest BCUT2D eigenvalue weighted by molar-refractivity contribution is 0.296. The SMILES string of the molecule is CC(CC(C)(C)C)CP(=O)(O)C(C)(C)CC(C)(C)C. The molecule has 1 N–H and O–H groups in total. The molecule has 0 aliphatic rings. The molecule has 0 bridgehead atoms. The Morgan fingerprint density at radius 3 is 1.68 bits per heavy atom. The van der Waals surface area contributed by atoms with E-state index in [9.17, 15) is 9.46 Å². The summed E-state index contributed by atoms with van der Waals surface area (Å²) in [5.74, 6) is 0.287. The summed E-state index contributed by atoms with van der Waals surface area (Å²) in [5.41, 5.74) is 0.294. The maximum Gasteiger partial charge on any atom is 0.206 e. The summed E-state index contributed by atoms with van der Waals surface area (Å²) in [6.45, 7) is 18.9. The predicted molar refractivity (Wildman–Crippen MR) is 86.1 cm³/mol. The van der Waals surface area contributed by atoms with Crippen molar-refractivity contribution >= 4 is 7.37 Å². The fourth-order valence-corrected chi connectivity index (χ4v) is 5.39. The van der Waals surface area contributed by atoms with Gasteiger partial charge < -0.3 is 4.89 Å². The van der Waals surface area contributed by atoms with Crippen LogP contribution >= 0.6 is 7.37 Å². The van der Waals surface area contributed by atoms with Crippen LogP contribution in [-0.4, -0.2) is 16.2 Å². The van der Waals surface area contributed by atoms with Gasteiger partial charge in [-0.15, -0.1) is 0 Å². The van der Waals surface area contributed by atoms with E-state index < -0.39 is 12.5 Å². The summed E-state index contributed by atoms with van der Waals surface area (Å²) in [7, 11) is -3.13. The van der Waals surface area contributed by atoms with Gasteiger partial charge in [0.15, 0.2) is 0 Å². The van der Waals surface area contributed by atoms with Crippen LogP contribution in [0.25, 0.3) is 0 Å². The molecule has 3 heteroatoms. The van der Waals surface area contributed by atoms with Crippen molar-refractivity contribution in [3.63, 3.8) is 0 Å². The molecule has 0 spiro atoms. The molecule has 19 heavy (non-hydrogen) atoms. The molecule has 0 saturated heterocycles. The van der Waals surface area contributed by atoms with E-state index in [4.69, 9.17) is 0 Å². The van der Waals surface area contributed by atoms with Crippen molar-refractivity contribution in [2.45, 2.75) is 80.3 Å². The lowest BCUT2D eigenvalue weighted by Crippen LogP contribution is -2.30. The maximum atomic E-state index is 12.8. The minimum atomic E-state index is -3.13. The Bertz CT molecular complexity index is 332. The number of rotatable bonds is 5. The van der Waals surface area contributed by atoms with Gasteiger partial charge in [0, 0.05) is 11.3 Å². The molecule has 0 radical (unpaired) electrons. The van der Waals surface area contributed by atoms with E-state index in [1.54, 1.807) is 0 Å². The highest BCUT2D eigenvalue weighted by atomic mass is 31.2. The highest BCUT2D eigenvalue weighted by Crippen LogP contribution is 2.59. The van der Waals surface area contributed by atoms with Crippen LogP contribution in [0, 0.1) is 16.7 Å². The van der Waals surface area contributed by atoms with Crippen LogP contribution in [0.1, 0.15) is 75.2 Å². The molecule has 2 atom stereocenters. The molecule has 0 aromatic heterocycles. The summed E-state index contributed by atoms with van der Waals surface area (Å²) < 4.78 is 12.8. The van der Waals surface area contributed by atoms with Crippen molar-refractivity contribution in [2.24, 2.45) is 16.7 Å². The molecule has 0 aliphatic carbocycles. The van der Waals surface area contributed by atoms with Crippen LogP contribution < -0.4 is 0 Å². The summed E-state index contributed by atoms with van der Waals surface area (Å²) in [4.78, 5) is 10.5. The maximum absolute atomic E-state index is 12.8. The molecule has 0 fully saturated rings. The van der Waals surface area contributed by atoms with Crippen LogP contribution in [0.2, 0.25) is 0 Å². The second-order valence-electron chi connectivity index (χ2n) is 9.30. The molecule has 0 amide bonds. The number of hydrogen-bond acceptors (Lipinski definition) is 1. The molecule has 2 nitrogen and oxygen atoms in total. The lowest BCUT2D eigenvalue weighted by Gasteiger charge is -2.37. The topological polar surface area (TPSA) is 37.3 Å². The van der Waals surface area contributed by atoms with Gasteiger partial charge in [0.25, 0.3) is 0 Å². The zero-order valence-electron chi connectivity index (χ0n) is 14.5. The Hall–Kier alpha value is 0.190. The monoisotopic (exact) mass is 290 g/mol. The van der Waals surface area contributed by atoms with Gasteiger partial charge in [-0.2, -0.15) is 0 Å². The summed E-state index contributed by atoms with van der Waals surface area (Å²) >= 11 is 0. The average Bonchev–Trinajstić information content (AvgIpc) is 1.91. The first kappa shape index (κ1) is 19.2. The van der Waals surface area contributed by atoms with Gasteiger partial charge in [-0.25, -0.2) is 0 Å². The van der Waals surface area contributed by atoms with E-state index in [2.05, 4.69) is 48.5 Å². The molecule has 0 heterocycles. The molecule has 0 aliphatic heterocycles. The molecule has 0 aromatic rings. The van der Waals surface area contributed by atoms with E-state index in [1.165, 1.54) is 0 Å². The molecule has 0 aromatic carbocycles. The molecule has 116 valence electrons. The third kappa shape index (κ3) is 7.51. The Morgan fingerprint density at radius 1 is 0.947 bits per heavy atom. The van der Waals surface area contributed by atoms with Gasteiger partial charge in [-0.3, -0.25) is 4.57 Å². The van der Waals surface area contributed by atoms with Crippen molar-refractivity contribution in [3.8, 4) is 0 Å². The van der Waals surface area contributed by atoms with E-state index in [0.717, 1.165) is 12.8 Å². The molecule has 0 rings (SSSR count). The third-order valence-corrected chi connectivity index (χ3v) is 6.60. The van der Waals surface area contributed by atoms with Gasteiger partial charge >= 0.3 is 0 Å². The Balaban J connectivity index is 4.83. The van der Waals surface area contributed by atoms with E-state index in [0.29, 0.717) is 6.16 Å². The minimum Gasteiger partial charge on any atom is -0.344 e. The van der Waals surface area contributed by atoms with Crippen LogP contribution in [-0.2, 0) is 4.57 Å². The van der Waals surface area contributed by atoms with Crippen molar-refractivity contribution < 1.29 is 9.46 Å². The smallest absolute Gasteiger partial charge is 0.206 e. The fourth-order valence-electron chi connectivity index (χ4n) is 3.20. The van der Waals surface area contributed by atoms with Gasteiger partial charge in [0.1, 0.15) is 0 Å². The van der Waals surface area contributed by atoms with Crippen LogP contribution in [0.4, 0.5) is 0 Å². The standard InChI is InChI=1S/C16H35O2P/c1-13(10-14(2,3)4)11-19(17,18)16(8,9)12-15(5,6)7/h13H,10-12H2,1-9H3,(H,17,18). The van der Waals surface area contributed by atoms with Crippen LogP contribution in [0.5, 0.6) is 0 Å². The molecular formula is C16H35O2P. The second kappa shape index (κ2) is 5.90. The van der Waals surface area contributed by atoms with Crippen molar-refractivity contribution in [2.75, 3.05) is 6.16 Å². The molecular weight excluding hydrogens is 255 g/mol. The van der Waals surface area contributed by atoms with Gasteiger partial charge in [0.05, 0.1) is 0 Å². The second-order valence-corrected chi connectivity index (χ2v) is 12.3. The first-order valence-corrected chi connectivity index (χ1v) is 9.22. The van der Waals surface area contributed by atoms with Gasteiger partial charge in [-0.05, 0) is 29.6 Å². The minimum absolute atomic E-state index is 0.0785. The third-order valence-electron chi connectivity index (χ3n) is 3.43. The Labute approximate surface area is 120 Å². The summed E-state index contributed by atoms with van der Waals surface area (Å²) in [6.07, 6.45) is 2.20. The fraction of sp³-hybridized carbons (Fsp3) is 1.00. The zero-order valence-corrected chi connectivity index (χ0v) is 15.4. The summed E-state index contributed by atoms with van der Waals surface area (Å²) in [5, 5.41) is -0.503. The lowest BCUT2D eigenvalue weighted by atomic mass is 9.85. The number of hydrogen-bond donors (Lipinski definition) is 1. The van der Waals surface area contributed by atoms with Gasteiger partial charge in [0.2, 0.25) is 7.37 Å². The first-order valence-electron chi connectivity index (χ1n) is 7.38. The Morgan fingerprint density at radius 2 is 1.37 bits per heavy atom. The largest absolute Gasteiger partial charge is 0.344 e. The van der Waals surface area contributed by atoms with Crippen LogP contribution in [0.15, 0.2) is 0 Å². The molecule has 0 saturated carbocycles. The van der Waals surface area contributed by atoms with Crippen molar-refractivity contribution in [3.05, 3.63) is 0 Å². The molecule has 2 unspecified atom stereocenters. The van der Waals surface area contributed by atoms with E-state index in [1.807, 2.05) is 13.8 Å². The quantitative estimate of drug-likeness (QED) is 0.674. The predicted octanol–water partition coefficient (Wildman–Crippen LogP) is 5.54. The van der Waals surface area contributed by atoms with Crippen LogP contribution in [0.3, 0.4) is 0 Å². The average molecular weight is 290 g/mol. The Kier molecular flexibility index (Phi) is 5.96. The highest BCUT2D eigenvalue weighted by molar-refractivity contribution is 7.59. The van der Waals surface area contributed by atoms with E-state index in [-0.39, 0.29) is 16.7 Å². The van der Waals surface area contributed by atoms with Crippen molar-refractivity contribution in [1.82, 2.24) is 0 Å². The van der Waals surface area contributed by atoms with Crippen molar-refractivity contribution in [1.29, 1.82) is 0 Å². The summed E-state index contributed by atoms with van der Waals surface area (Å²) in [6, 6.07) is 0. The zero-order chi connectivity index (χ0) is 15.7. The highest BCUT2D eigenvalue weighted by Gasteiger charge is 2.42. The van der Waals surface area contributed by atoms with E-state index >= 15 is 0 Å².